The van der Waals surface area contributed by atoms with E-state index in [-0.39, 0.29) is 0 Å². The maximum absolute atomic E-state index is 4.02. The Morgan fingerprint density at radius 1 is 1.40 bits per heavy atom. The molecule has 1 rings (SSSR count). The van der Waals surface area contributed by atoms with E-state index in [1.54, 1.807) is 0 Å². The quantitative estimate of drug-likeness (QED) is 0.720. The zero-order valence-corrected chi connectivity index (χ0v) is 9.61. The minimum Gasteiger partial charge on any atom is -0.308 e. The summed E-state index contributed by atoms with van der Waals surface area (Å²) in [6.45, 7) is 8.12. The molecule has 1 unspecified atom stereocenters. The Labute approximate surface area is 92.4 Å². The summed E-state index contributed by atoms with van der Waals surface area (Å²) in [6, 6.07) is 5.01. The monoisotopic (exact) mass is 204 g/mol. The highest BCUT2D eigenvalue weighted by Crippen LogP contribution is 2.12. The highest BCUT2D eigenvalue weighted by Gasteiger charge is 2.07. The lowest BCUT2D eigenvalue weighted by Gasteiger charge is -2.19. The number of nitrogens with one attached hydrogen (secondary N) is 1. The first kappa shape index (κ1) is 11.9. The molecule has 2 atom stereocenters. The van der Waals surface area contributed by atoms with Crippen LogP contribution in [-0.2, 0) is 0 Å². The standard InChI is InChI=1S/C13H20N2/c1-4-5-6-11(2)15-12(3)13-7-9-14-10-8-13/h4,7-12,15H,1,5-6H2,2-3H3/t11?,12-/m0/s1. The first-order chi connectivity index (χ1) is 7.24. The van der Waals surface area contributed by atoms with Gasteiger partial charge in [0.05, 0.1) is 0 Å². The lowest BCUT2D eigenvalue weighted by Crippen LogP contribution is -2.28. The van der Waals surface area contributed by atoms with Crippen molar-refractivity contribution in [3.63, 3.8) is 0 Å². The van der Waals surface area contributed by atoms with E-state index in [0.29, 0.717) is 12.1 Å². The number of hydrogen-bond acceptors (Lipinski definition) is 2. The lowest BCUT2D eigenvalue weighted by atomic mass is 10.1. The summed E-state index contributed by atoms with van der Waals surface area (Å²) in [5, 5.41) is 3.56. The second kappa shape index (κ2) is 6.36. The van der Waals surface area contributed by atoms with Crippen LogP contribution in [0.5, 0.6) is 0 Å². The normalized spacial score (nSPS) is 14.5. The fourth-order valence-electron chi connectivity index (χ4n) is 1.63. The molecule has 0 saturated heterocycles. The van der Waals surface area contributed by atoms with Crippen molar-refractivity contribution in [1.82, 2.24) is 10.3 Å². The van der Waals surface area contributed by atoms with Crippen LogP contribution in [-0.4, -0.2) is 11.0 Å². The van der Waals surface area contributed by atoms with E-state index in [1.807, 2.05) is 18.5 Å². The number of nitrogens with zero attached hydrogens (tertiary/aromatic N) is 1. The van der Waals surface area contributed by atoms with E-state index >= 15 is 0 Å². The molecule has 0 aliphatic carbocycles. The molecule has 0 amide bonds. The van der Waals surface area contributed by atoms with Crippen molar-refractivity contribution in [2.24, 2.45) is 0 Å². The van der Waals surface area contributed by atoms with Gasteiger partial charge in [-0.2, -0.15) is 0 Å². The molecule has 0 aromatic carbocycles. The van der Waals surface area contributed by atoms with Crippen molar-refractivity contribution < 1.29 is 0 Å². The molecule has 0 aliphatic rings. The summed E-state index contributed by atoms with van der Waals surface area (Å²) in [6.07, 6.45) is 7.84. The summed E-state index contributed by atoms with van der Waals surface area (Å²) < 4.78 is 0. The van der Waals surface area contributed by atoms with Crippen molar-refractivity contribution in [1.29, 1.82) is 0 Å². The van der Waals surface area contributed by atoms with Gasteiger partial charge in [0.2, 0.25) is 0 Å². The van der Waals surface area contributed by atoms with Crippen LogP contribution < -0.4 is 5.32 Å². The van der Waals surface area contributed by atoms with Gasteiger partial charge < -0.3 is 5.32 Å². The Morgan fingerprint density at radius 3 is 2.67 bits per heavy atom. The van der Waals surface area contributed by atoms with E-state index < -0.39 is 0 Å². The smallest absolute Gasteiger partial charge is 0.0295 e. The lowest BCUT2D eigenvalue weighted by molar-refractivity contribution is 0.458. The van der Waals surface area contributed by atoms with Gasteiger partial charge in [0, 0.05) is 24.5 Å². The van der Waals surface area contributed by atoms with Gasteiger partial charge >= 0.3 is 0 Å². The van der Waals surface area contributed by atoms with Gasteiger partial charge in [-0.1, -0.05) is 6.08 Å². The van der Waals surface area contributed by atoms with Crippen LogP contribution >= 0.6 is 0 Å². The van der Waals surface area contributed by atoms with Crippen molar-refractivity contribution in [3.8, 4) is 0 Å². The molecule has 0 radical (unpaired) electrons. The van der Waals surface area contributed by atoms with Crippen molar-refractivity contribution >= 4 is 0 Å². The maximum Gasteiger partial charge on any atom is 0.0295 e. The summed E-state index contributed by atoms with van der Waals surface area (Å²) in [4.78, 5) is 4.02. The molecule has 2 heteroatoms. The van der Waals surface area contributed by atoms with Crippen molar-refractivity contribution in [2.45, 2.75) is 38.8 Å². The predicted octanol–water partition coefficient (Wildman–Crippen LogP) is 3.09. The number of pyridine rings is 1. The Kier molecular flexibility index (Phi) is 5.05. The average Bonchev–Trinajstić information content (AvgIpc) is 2.27. The number of rotatable bonds is 6. The molecule has 0 bridgehead atoms. The average molecular weight is 204 g/mol. The van der Waals surface area contributed by atoms with Gasteiger partial charge in [-0.15, -0.1) is 6.58 Å². The molecule has 0 aliphatic heterocycles. The molecule has 1 aromatic rings. The molecule has 0 saturated carbocycles. The zero-order valence-electron chi connectivity index (χ0n) is 9.61. The number of allylic oxidation sites excluding steroid dienone is 1. The summed E-state index contributed by atoms with van der Waals surface area (Å²) in [5.74, 6) is 0. The van der Waals surface area contributed by atoms with Crippen LogP contribution in [0.2, 0.25) is 0 Å². The van der Waals surface area contributed by atoms with E-state index in [0.717, 1.165) is 12.8 Å². The van der Waals surface area contributed by atoms with Crippen LogP contribution in [0.25, 0.3) is 0 Å². The summed E-state index contributed by atoms with van der Waals surface area (Å²) in [7, 11) is 0. The first-order valence-corrected chi connectivity index (χ1v) is 5.51. The fraction of sp³-hybridized carbons (Fsp3) is 0.462. The number of aromatic nitrogens is 1. The zero-order chi connectivity index (χ0) is 11.1. The topological polar surface area (TPSA) is 24.9 Å². The number of hydrogen-bond donors (Lipinski definition) is 1. The minimum absolute atomic E-state index is 0.382. The van der Waals surface area contributed by atoms with Gasteiger partial charge in [0.1, 0.15) is 0 Å². The van der Waals surface area contributed by atoms with Gasteiger partial charge in [0.25, 0.3) is 0 Å². The van der Waals surface area contributed by atoms with Crippen molar-refractivity contribution in [2.75, 3.05) is 0 Å². The van der Waals surface area contributed by atoms with Gasteiger partial charge in [0.15, 0.2) is 0 Å². The summed E-state index contributed by atoms with van der Waals surface area (Å²) in [5.41, 5.74) is 1.29. The van der Waals surface area contributed by atoms with E-state index in [1.165, 1.54) is 5.56 Å². The third-order valence-electron chi connectivity index (χ3n) is 2.54. The SMILES string of the molecule is C=CCCC(C)N[C@@H](C)c1ccncc1. The Hall–Kier alpha value is -1.15. The van der Waals surface area contributed by atoms with Crippen LogP contribution in [0, 0.1) is 0 Å². The van der Waals surface area contributed by atoms with Gasteiger partial charge in [-0.3, -0.25) is 4.98 Å². The highest BCUT2D eigenvalue weighted by atomic mass is 14.9. The minimum atomic E-state index is 0.382. The molecular formula is C13H20N2. The predicted molar refractivity (Wildman–Crippen MR) is 64.7 cm³/mol. The summed E-state index contributed by atoms with van der Waals surface area (Å²) >= 11 is 0. The van der Waals surface area contributed by atoms with Crippen LogP contribution in [0.15, 0.2) is 37.2 Å². The molecule has 0 spiro atoms. The van der Waals surface area contributed by atoms with Crippen LogP contribution in [0.1, 0.15) is 38.3 Å². The Bertz CT molecular complexity index is 282. The molecule has 15 heavy (non-hydrogen) atoms. The third-order valence-corrected chi connectivity index (χ3v) is 2.54. The van der Waals surface area contributed by atoms with Crippen LogP contribution in [0.3, 0.4) is 0 Å². The van der Waals surface area contributed by atoms with Gasteiger partial charge in [-0.05, 0) is 44.4 Å². The Morgan fingerprint density at radius 2 is 2.07 bits per heavy atom. The van der Waals surface area contributed by atoms with E-state index in [9.17, 15) is 0 Å². The van der Waals surface area contributed by atoms with E-state index in [4.69, 9.17) is 0 Å². The van der Waals surface area contributed by atoms with Crippen molar-refractivity contribution in [3.05, 3.63) is 42.7 Å². The van der Waals surface area contributed by atoms with Gasteiger partial charge in [-0.25, -0.2) is 0 Å². The maximum atomic E-state index is 4.02. The molecule has 1 N–H and O–H groups in total. The molecule has 82 valence electrons. The third kappa shape index (κ3) is 4.26. The van der Waals surface area contributed by atoms with Crippen LogP contribution in [0.4, 0.5) is 0 Å². The second-order valence-corrected chi connectivity index (χ2v) is 3.94. The van der Waals surface area contributed by atoms with E-state index in [2.05, 4.69) is 42.9 Å². The fourth-order valence-corrected chi connectivity index (χ4v) is 1.63. The Balaban J connectivity index is 2.41. The first-order valence-electron chi connectivity index (χ1n) is 5.51. The largest absolute Gasteiger partial charge is 0.308 e. The highest BCUT2D eigenvalue weighted by molar-refractivity contribution is 5.14. The molecule has 2 nitrogen and oxygen atoms in total. The molecular weight excluding hydrogens is 184 g/mol. The second-order valence-electron chi connectivity index (χ2n) is 3.94. The molecule has 1 aromatic heterocycles. The molecule has 0 fully saturated rings. The molecule has 1 heterocycles.